The van der Waals surface area contributed by atoms with Crippen molar-refractivity contribution in [1.29, 1.82) is 0 Å². The van der Waals surface area contributed by atoms with Crippen molar-refractivity contribution in [3.63, 3.8) is 0 Å². The van der Waals surface area contributed by atoms with Gasteiger partial charge < -0.3 is 14.4 Å². The minimum Gasteiger partial charge on any atom is -0.349 e. The summed E-state index contributed by atoms with van der Waals surface area (Å²) < 4.78 is 16.0. The quantitative estimate of drug-likeness (QED) is 0.832. The summed E-state index contributed by atoms with van der Waals surface area (Å²) in [5.74, 6) is -0.266. The third-order valence-corrected chi connectivity index (χ3v) is 5.33. The standard InChI is InChI=1S/C21H26FN3O2/c1-14-13-17(15(2)25(14)19-8-6-5-7-18(19)22)21(27)24-11-9-16(10-12-24)20(26)23(3)4/h5-8,13,16H,9-12H2,1-4H3. The molecule has 0 spiro atoms. The summed E-state index contributed by atoms with van der Waals surface area (Å²) in [6.45, 7) is 4.84. The van der Waals surface area contributed by atoms with Crippen LogP contribution < -0.4 is 0 Å². The van der Waals surface area contributed by atoms with Crippen LogP contribution in [0.3, 0.4) is 0 Å². The first-order chi connectivity index (χ1) is 12.8. The van der Waals surface area contributed by atoms with E-state index in [1.165, 1.54) is 6.07 Å². The van der Waals surface area contributed by atoms with Crippen molar-refractivity contribution in [2.45, 2.75) is 26.7 Å². The number of amides is 2. The Labute approximate surface area is 159 Å². The number of benzene rings is 1. The van der Waals surface area contributed by atoms with Crippen LogP contribution in [0.15, 0.2) is 30.3 Å². The molecule has 1 aliphatic rings. The van der Waals surface area contributed by atoms with Crippen LogP contribution in [0.25, 0.3) is 5.69 Å². The van der Waals surface area contributed by atoms with E-state index in [2.05, 4.69) is 0 Å². The molecular formula is C21H26FN3O2. The molecule has 0 radical (unpaired) electrons. The molecule has 0 atom stereocenters. The van der Waals surface area contributed by atoms with Crippen molar-refractivity contribution in [2.75, 3.05) is 27.2 Å². The summed E-state index contributed by atoms with van der Waals surface area (Å²) in [7, 11) is 3.52. The molecule has 3 rings (SSSR count). The van der Waals surface area contributed by atoms with Gasteiger partial charge in [-0.2, -0.15) is 0 Å². The number of para-hydroxylation sites is 1. The van der Waals surface area contributed by atoms with Crippen molar-refractivity contribution in [3.8, 4) is 5.69 Å². The molecule has 0 unspecified atom stereocenters. The Kier molecular flexibility index (Phi) is 5.35. The lowest BCUT2D eigenvalue weighted by atomic mass is 9.95. The van der Waals surface area contributed by atoms with E-state index in [0.29, 0.717) is 37.2 Å². The number of piperidine rings is 1. The van der Waals surface area contributed by atoms with Gasteiger partial charge in [-0.15, -0.1) is 0 Å². The van der Waals surface area contributed by atoms with E-state index in [1.807, 2.05) is 19.9 Å². The number of halogens is 1. The first kappa shape index (κ1) is 19.1. The fourth-order valence-corrected chi connectivity index (χ4v) is 3.85. The second-order valence-electron chi connectivity index (χ2n) is 7.37. The molecule has 1 fully saturated rings. The van der Waals surface area contributed by atoms with E-state index in [-0.39, 0.29) is 23.5 Å². The highest BCUT2D eigenvalue weighted by Gasteiger charge is 2.30. The molecule has 0 saturated carbocycles. The normalized spacial score (nSPS) is 15.1. The molecule has 1 saturated heterocycles. The Bertz CT molecular complexity index is 864. The summed E-state index contributed by atoms with van der Waals surface area (Å²) in [5.41, 5.74) is 2.59. The van der Waals surface area contributed by atoms with Gasteiger partial charge in [-0.1, -0.05) is 12.1 Å². The third-order valence-electron chi connectivity index (χ3n) is 5.33. The average Bonchev–Trinajstić information content (AvgIpc) is 2.95. The van der Waals surface area contributed by atoms with Crippen LogP contribution in [0.1, 0.15) is 34.6 Å². The fourth-order valence-electron chi connectivity index (χ4n) is 3.85. The number of nitrogens with zero attached hydrogens (tertiary/aromatic N) is 3. The Morgan fingerprint density at radius 1 is 1.11 bits per heavy atom. The maximum atomic E-state index is 14.2. The molecule has 1 aromatic carbocycles. The maximum absolute atomic E-state index is 14.2. The number of hydrogen-bond acceptors (Lipinski definition) is 2. The monoisotopic (exact) mass is 371 g/mol. The van der Waals surface area contributed by atoms with Gasteiger partial charge in [0.2, 0.25) is 5.91 Å². The van der Waals surface area contributed by atoms with Crippen LogP contribution in [0, 0.1) is 25.6 Å². The Hall–Kier alpha value is -2.63. The summed E-state index contributed by atoms with van der Waals surface area (Å²) >= 11 is 0. The Morgan fingerprint density at radius 3 is 2.33 bits per heavy atom. The number of hydrogen-bond donors (Lipinski definition) is 0. The van der Waals surface area contributed by atoms with Crippen molar-refractivity contribution >= 4 is 11.8 Å². The highest BCUT2D eigenvalue weighted by atomic mass is 19.1. The predicted molar refractivity (Wildman–Crippen MR) is 103 cm³/mol. The topological polar surface area (TPSA) is 45.6 Å². The van der Waals surface area contributed by atoms with E-state index < -0.39 is 0 Å². The van der Waals surface area contributed by atoms with Gasteiger partial charge >= 0.3 is 0 Å². The van der Waals surface area contributed by atoms with E-state index in [0.717, 1.165) is 11.4 Å². The van der Waals surface area contributed by atoms with E-state index >= 15 is 0 Å². The molecule has 2 aromatic rings. The van der Waals surface area contributed by atoms with Crippen LogP contribution in [0.4, 0.5) is 4.39 Å². The van der Waals surface area contributed by atoms with Gasteiger partial charge in [-0.05, 0) is 44.9 Å². The van der Waals surface area contributed by atoms with Gasteiger partial charge in [-0.3, -0.25) is 9.59 Å². The fraction of sp³-hybridized carbons (Fsp3) is 0.429. The van der Waals surface area contributed by atoms with Gasteiger partial charge in [0.1, 0.15) is 5.82 Å². The maximum Gasteiger partial charge on any atom is 0.255 e. The molecule has 0 bridgehead atoms. The smallest absolute Gasteiger partial charge is 0.255 e. The number of carbonyl (C=O) groups is 2. The summed E-state index contributed by atoms with van der Waals surface area (Å²) in [5, 5.41) is 0. The lowest BCUT2D eigenvalue weighted by molar-refractivity contribution is -0.134. The SMILES string of the molecule is Cc1cc(C(=O)N2CCC(C(=O)N(C)C)CC2)c(C)n1-c1ccccc1F. The highest BCUT2D eigenvalue weighted by molar-refractivity contribution is 5.96. The zero-order valence-electron chi connectivity index (χ0n) is 16.3. The van der Waals surface area contributed by atoms with E-state index in [9.17, 15) is 14.0 Å². The summed E-state index contributed by atoms with van der Waals surface area (Å²) in [4.78, 5) is 28.6. The van der Waals surface area contributed by atoms with Crippen molar-refractivity contribution < 1.29 is 14.0 Å². The minimum atomic E-state index is -0.318. The van der Waals surface area contributed by atoms with Crippen LogP contribution in [0.5, 0.6) is 0 Å². The molecule has 1 aromatic heterocycles. The molecule has 27 heavy (non-hydrogen) atoms. The Balaban J connectivity index is 1.80. The molecule has 1 aliphatic heterocycles. The predicted octanol–water partition coefficient (Wildman–Crippen LogP) is 3.17. The lowest BCUT2D eigenvalue weighted by Crippen LogP contribution is -2.42. The number of aromatic nitrogens is 1. The molecule has 5 nitrogen and oxygen atoms in total. The van der Waals surface area contributed by atoms with Crippen LogP contribution in [0.2, 0.25) is 0 Å². The van der Waals surface area contributed by atoms with Crippen LogP contribution in [-0.4, -0.2) is 53.4 Å². The number of likely N-dealkylation sites (tertiary alicyclic amines) is 1. The number of aryl methyl sites for hydroxylation is 1. The summed E-state index contributed by atoms with van der Waals surface area (Å²) in [6.07, 6.45) is 1.35. The zero-order chi connectivity index (χ0) is 19.7. The molecule has 6 heteroatoms. The van der Waals surface area contributed by atoms with Gasteiger partial charge in [0.05, 0.1) is 11.3 Å². The molecule has 2 heterocycles. The number of carbonyl (C=O) groups excluding carboxylic acids is 2. The largest absolute Gasteiger partial charge is 0.349 e. The third kappa shape index (κ3) is 3.61. The van der Waals surface area contributed by atoms with E-state index in [1.54, 1.807) is 46.7 Å². The molecule has 0 aliphatic carbocycles. The van der Waals surface area contributed by atoms with Gasteiger partial charge in [0, 0.05) is 44.5 Å². The van der Waals surface area contributed by atoms with Gasteiger partial charge in [-0.25, -0.2) is 4.39 Å². The van der Waals surface area contributed by atoms with Crippen LogP contribution in [-0.2, 0) is 4.79 Å². The zero-order valence-corrected chi connectivity index (χ0v) is 16.3. The lowest BCUT2D eigenvalue weighted by Gasteiger charge is -2.32. The second-order valence-corrected chi connectivity index (χ2v) is 7.37. The molecule has 144 valence electrons. The summed E-state index contributed by atoms with van der Waals surface area (Å²) in [6, 6.07) is 8.38. The first-order valence-corrected chi connectivity index (χ1v) is 9.25. The second kappa shape index (κ2) is 7.55. The van der Waals surface area contributed by atoms with E-state index in [4.69, 9.17) is 0 Å². The van der Waals surface area contributed by atoms with Crippen LogP contribution >= 0.6 is 0 Å². The van der Waals surface area contributed by atoms with Crippen molar-refractivity contribution in [2.24, 2.45) is 5.92 Å². The van der Waals surface area contributed by atoms with Gasteiger partial charge in [0.15, 0.2) is 0 Å². The molecule has 2 amide bonds. The first-order valence-electron chi connectivity index (χ1n) is 9.25. The Morgan fingerprint density at radius 2 is 1.74 bits per heavy atom. The van der Waals surface area contributed by atoms with Crippen molar-refractivity contribution in [1.82, 2.24) is 14.4 Å². The molecular weight excluding hydrogens is 345 g/mol. The molecule has 0 N–H and O–H groups in total. The minimum absolute atomic E-state index is 0.0186. The van der Waals surface area contributed by atoms with Crippen molar-refractivity contribution in [3.05, 3.63) is 53.1 Å². The highest BCUT2D eigenvalue weighted by Crippen LogP contribution is 2.26. The van der Waals surface area contributed by atoms with Gasteiger partial charge in [0.25, 0.3) is 5.91 Å². The number of rotatable bonds is 3. The average molecular weight is 371 g/mol.